The first-order valence-electron chi connectivity index (χ1n) is 9.14. The third-order valence-corrected chi connectivity index (χ3v) is 5.37. The van der Waals surface area contributed by atoms with Crippen molar-refractivity contribution < 1.29 is 9.18 Å². The molecule has 0 bridgehead atoms. The summed E-state index contributed by atoms with van der Waals surface area (Å²) in [6, 6.07) is 7.08. The Kier molecular flexibility index (Phi) is 5.85. The number of hydrogen-bond acceptors (Lipinski definition) is 3. The summed E-state index contributed by atoms with van der Waals surface area (Å²) < 4.78 is 13.5. The maximum atomic E-state index is 13.5. The van der Waals surface area contributed by atoms with Crippen LogP contribution in [0.5, 0.6) is 0 Å². The van der Waals surface area contributed by atoms with Crippen molar-refractivity contribution >= 4 is 5.91 Å². The number of benzene rings is 1. The Hall–Kier alpha value is -1.46. The molecule has 132 valence electrons. The Morgan fingerprint density at radius 3 is 3.04 bits per heavy atom. The predicted octanol–water partition coefficient (Wildman–Crippen LogP) is 2.47. The van der Waals surface area contributed by atoms with Crippen LogP contribution in [0, 0.1) is 11.7 Å². The molecule has 1 amide bonds. The number of carbonyl (C=O) groups is 1. The summed E-state index contributed by atoms with van der Waals surface area (Å²) in [4.78, 5) is 14.5. The molecule has 0 radical (unpaired) electrons. The van der Waals surface area contributed by atoms with E-state index in [4.69, 9.17) is 0 Å². The second-order valence-electron chi connectivity index (χ2n) is 7.13. The fourth-order valence-electron chi connectivity index (χ4n) is 3.87. The zero-order valence-electron chi connectivity index (χ0n) is 14.4. The molecule has 24 heavy (non-hydrogen) atoms. The van der Waals surface area contributed by atoms with E-state index in [1.54, 1.807) is 12.1 Å². The standard InChI is InChI=1S/C19H28FN3O/c1-14(16-6-2-7-17(20)11-16)23-10-4-5-15(13-23)12-22-19(24)18-8-3-9-21-18/h2,6-7,11,14-15,18,21H,3-5,8-10,12-13H2,1H3,(H,22,24). The minimum atomic E-state index is -0.177. The van der Waals surface area contributed by atoms with E-state index >= 15 is 0 Å². The Labute approximate surface area is 143 Å². The molecule has 2 saturated heterocycles. The summed E-state index contributed by atoms with van der Waals surface area (Å²) in [6.45, 7) is 5.81. The Morgan fingerprint density at radius 1 is 1.42 bits per heavy atom. The van der Waals surface area contributed by atoms with Gasteiger partial charge in [0, 0.05) is 19.1 Å². The summed E-state index contributed by atoms with van der Waals surface area (Å²) in [5.74, 6) is 0.437. The van der Waals surface area contributed by atoms with E-state index in [0.717, 1.165) is 57.4 Å². The van der Waals surface area contributed by atoms with Crippen molar-refractivity contribution in [3.05, 3.63) is 35.6 Å². The van der Waals surface area contributed by atoms with Crippen LogP contribution in [0.4, 0.5) is 4.39 Å². The monoisotopic (exact) mass is 333 g/mol. The van der Waals surface area contributed by atoms with Crippen LogP contribution in [0.3, 0.4) is 0 Å². The van der Waals surface area contributed by atoms with Crippen molar-refractivity contribution in [1.29, 1.82) is 0 Å². The van der Waals surface area contributed by atoms with Gasteiger partial charge in [0.1, 0.15) is 5.82 Å². The summed E-state index contributed by atoms with van der Waals surface area (Å²) in [6.07, 6.45) is 4.30. The van der Waals surface area contributed by atoms with E-state index in [9.17, 15) is 9.18 Å². The summed E-state index contributed by atoms with van der Waals surface area (Å²) in [5.41, 5.74) is 1.02. The molecule has 1 aromatic rings. The normalized spacial score (nSPS) is 26.2. The zero-order valence-corrected chi connectivity index (χ0v) is 14.4. The number of nitrogens with one attached hydrogen (secondary N) is 2. The molecule has 2 N–H and O–H groups in total. The van der Waals surface area contributed by atoms with Crippen LogP contribution in [0.1, 0.15) is 44.2 Å². The van der Waals surface area contributed by atoms with Crippen LogP contribution in [0.2, 0.25) is 0 Å². The van der Waals surface area contributed by atoms with Crippen LogP contribution >= 0.6 is 0 Å². The highest BCUT2D eigenvalue weighted by atomic mass is 19.1. The SMILES string of the molecule is CC(c1cccc(F)c1)N1CCCC(CNC(=O)C2CCCN2)C1. The first-order chi connectivity index (χ1) is 11.6. The first kappa shape index (κ1) is 17.4. The first-order valence-corrected chi connectivity index (χ1v) is 9.14. The molecule has 3 atom stereocenters. The lowest BCUT2D eigenvalue weighted by Crippen LogP contribution is -2.45. The van der Waals surface area contributed by atoms with Crippen molar-refractivity contribution in [3.8, 4) is 0 Å². The molecular formula is C19H28FN3O. The van der Waals surface area contributed by atoms with Crippen LogP contribution < -0.4 is 10.6 Å². The Balaban J connectivity index is 1.51. The van der Waals surface area contributed by atoms with E-state index in [0.29, 0.717) is 5.92 Å². The maximum absolute atomic E-state index is 13.5. The van der Waals surface area contributed by atoms with Crippen molar-refractivity contribution in [2.24, 2.45) is 5.92 Å². The van der Waals surface area contributed by atoms with Gasteiger partial charge in [0.25, 0.3) is 0 Å². The third-order valence-electron chi connectivity index (χ3n) is 5.37. The molecule has 0 aromatic heterocycles. The molecule has 2 fully saturated rings. The van der Waals surface area contributed by atoms with E-state index in [-0.39, 0.29) is 23.8 Å². The van der Waals surface area contributed by atoms with Crippen LogP contribution in [-0.4, -0.2) is 43.0 Å². The molecule has 3 unspecified atom stereocenters. The molecule has 0 saturated carbocycles. The minimum Gasteiger partial charge on any atom is -0.354 e. The molecule has 4 nitrogen and oxygen atoms in total. The summed E-state index contributed by atoms with van der Waals surface area (Å²) in [5, 5.41) is 6.35. The largest absolute Gasteiger partial charge is 0.354 e. The second-order valence-corrected chi connectivity index (χ2v) is 7.13. The average molecular weight is 333 g/mol. The number of rotatable bonds is 5. The molecule has 0 spiro atoms. The number of likely N-dealkylation sites (tertiary alicyclic amines) is 1. The van der Waals surface area contributed by atoms with Gasteiger partial charge in [-0.05, 0) is 69.3 Å². The van der Waals surface area contributed by atoms with Gasteiger partial charge in [-0.15, -0.1) is 0 Å². The zero-order chi connectivity index (χ0) is 16.9. The fraction of sp³-hybridized carbons (Fsp3) is 0.632. The van der Waals surface area contributed by atoms with Crippen molar-refractivity contribution in [2.45, 2.75) is 44.7 Å². The third kappa shape index (κ3) is 4.33. The van der Waals surface area contributed by atoms with E-state index in [1.165, 1.54) is 6.07 Å². The molecule has 2 aliphatic rings. The van der Waals surface area contributed by atoms with Gasteiger partial charge in [-0.3, -0.25) is 9.69 Å². The molecule has 3 rings (SSSR count). The lowest BCUT2D eigenvalue weighted by atomic mass is 9.95. The van der Waals surface area contributed by atoms with Gasteiger partial charge in [0.15, 0.2) is 0 Å². The summed E-state index contributed by atoms with van der Waals surface area (Å²) >= 11 is 0. The smallest absolute Gasteiger partial charge is 0.237 e. The van der Waals surface area contributed by atoms with Gasteiger partial charge in [-0.1, -0.05) is 12.1 Å². The average Bonchev–Trinajstić information content (AvgIpc) is 3.14. The topological polar surface area (TPSA) is 44.4 Å². The van der Waals surface area contributed by atoms with Crippen LogP contribution in [-0.2, 0) is 4.79 Å². The van der Waals surface area contributed by atoms with Gasteiger partial charge in [0.2, 0.25) is 5.91 Å². The van der Waals surface area contributed by atoms with Gasteiger partial charge in [0.05, 0.1) is 6.04 Å². The highest BCUT2D eigenvalue weighted by Crippen LogP contribution is 2.26. The minimum absolute atomic E-state index is 0.00379. The molecule has 2 aliphatic heterocycles. The number of amides is 1. The number of nitrogens with zero attached hydrogens (tertiary/aromatic N) is 1. The van der Waals surface area contributed by atoms with Crippen LogP contribution in [0.15, 0.2) is 24.3 Å². The number of hydrogen-bond donors (Lipinski definition) is 2. The molecular weight excluding hydrogens is 305 g/mol. The van der Waals surface area contributed by atoms with Gasteiger partial charge in [-0.25, -0.2) is 4.39 Å². The molecule has 1 aromatic carbocycles. The molecule has 0 aliphatic carbocycles. The van der Waals surface area contributed by atoms with Gasteiger partial charge < -0.3 is 10.6 Å². The fourth-order valence-corrected chi connectivity index (χ4v) is 3.87. The number of halogens is 1. The van der Waals surface area contributed by atoms with E-state index in [2.05, 4.69) is 22.5 Å². The van der Waals surface area contributed by atoms with Crippen molar-refractivity contribution in [2.75, 3.05) is 26.2 Å². The highest BCUT2D eigenvalue weighted by molar-refractivity contribution is 5.81. The molecule has 5 heteroatoms. The maximum Gasteiger partial charge on any atom is 0.237 e. The number of carbonyl (C=O) groups excluding carboxylic acids is 1. The van der Waals surface area contributed by atoms with Crippen LogP contribution in [0.25, 0.3) is 0 Å². The quantitative estimate of drug-likeness (QED) is 0.870. The Bertz CT molecular complexity index is 559. The number of piperidine rings is 1. The van der Waals surface area contributed by atoms with Crippen molar-refractivity contribution in [3.63, 3.8) is 0 Å². The molecule has 2 heterocycles. The second kappa shape index (κ2) is 8.08. The van der Waals surface area contributed by atoms with E-state index in [1.807, 2.05) is 6.07 Å². The highest BCUT2D eigenvalue weighted by Gasteiger charge is 2.26. The van der Waals surface area contributed by atoms with Gasteiger partial charge >= 0.3 is 0 Å². The van der Waals surface area contributed by atoms with Gasteiger partial charge in [-0.2, -0.15) is 0 Å². The predicted molar refractivity (Wildman–Crippen MR) is 93.1 cm³/mol. The lowest BCUT2D eigenvalue weighted by Gasteiger charge is -2.37. The van der Waals surface area contributed by atoms with Crippen molar-refractivity contribution in [1.82, 2.24) is 15.5 Å². The Morgan fingerprint density at radius 2 is 2.29 bits per heavy atom. The lowest BCUT2D eigenvalue weighted by molar-refractivity contribution is -0.123. The van der Waals surface area contributed by atoms with E-state index < -0.39 is 0 Å². The summed E-state index contributed by atoms with van der Waals surface area (Å²) in [7, 11) is 0.